The molecular weight excluding hydrogens is 224 g/mol. The van der Waals surface area contributed by atoms with Gasteiger partial charge in [0.2, 0.25) is 0 Å². The molecule has 0 amide bonds. The lowest BCUT2D eigenvalue weighted by Gasteiger charge is -2.33. The largest absolute Gasteiger partial charge is 0.497 e. The zero-order valence-corrected chi connectivity index (χ0v) is 11.1. The quantitative estimate of drug-likeness (QED) is 0.815. The van der Waals surface area contributed by atoms with Crippen LogP contribution >= 0.6 is 0 Å². The van der Waals surface area contributed by atoms with Crippen LogP contribution in [0.15, 0.2) is 18.2 Å². The van der Waals surface area contributed by atoms with E-state index in [0.29, 0.717) is 0 Å². The van der Waals surface area contributed by atoms with Gasteiger partial charge in [-0.05, 0) is 37.3 Å². The average Bonchev–Trinajstić information content (AvgIpc) is 2.82. The van der Waals surface area contributed by atoms with Crippen molar-refractivity contribution in [2.24, 2.45) is 5.92 Å². The van der Waals surface area contributed by atoms with E-state index in [9.17, 15) is 0 Å². The van der Waals surface area contributed by atoms with Gasteiger partial charge in [0, 0.05) is 18.7 Å². The maximum atomic E-state index is 6.18. The van der Waals surface area contributed by atoms with Crippen molar-refractivity contribution in [3.63, 3.8) is 0 Å². The van der Waals surface area contributed by atoms with Crippen molar-refractivity contribution in [1.29, 1.82) is 0 Å². The Balaban J connectivity index is 1.86. The van der Waals surface area contributed by atoms with Gasteiger partial charge in [-0.3, -0.25) is 0 Å². The van der Waals surface area contributed by atoms with Crippen LogP contribution in [0.3, 0.4) is 0 Å². The van der Waals surface area contributed by atoms with Crippen molar-refractivity contribution in [3.05, 3.63) is 18.2 Å². The Morgan fingerprint density at radius 2 is 2.06 bits per heavy atom. The first-order valence-corrected chi connectivity index (χ1v) is 7.00. The van der Waals surface area contributed by atoms with E-state index in [1.807, 2.05) is 12.1 Å². The third kappa shape index (κ3) is 1.92. The summed E-state index contributed by atoms with van der Waals surface area (Å²) in [5.41, 5.74) is 8.22. The van der Waals surface area contributed by atoms with Crippen molar-refractivity contribution in [2.45, 2.75) is 38.1 Å². The zero-order valence-electron chi connectivity index (χ0n) is 11.1. The molecule has 1 aromatic rings. The molecule has 1 aromatic carbocycles. The molecule has 2 fully saturated rings. The summed E-state index contributed by atoms with van der Waals surface area (Å²) in [5.74, 6) is 1.73. The molecule has 0 radical (unpaired) electrons. The van der Waals surface area contributed by atoms with Gasteiger partial charge in [0.05, 0.1) is 18.5 Å². The molecule has 3 heteroatoms. The molecule has 1 heterocycles. The molecule has 0 bridgehead atoms. The molecule has 1 aliphatic carbocycles. The Kier molecular flexibility index (Phi) is 3.06. The van der Waals surface area contributed by atoms with Gasteiger partial charge in [-0.25, -0.2) is 0 Å². The number of rotatable bonds is 2. The highest BCUT2D eigenvalue weighted by atomic mass is 16.5. The summed E-state index contributed by atoms with van der Waals surface area (Å²) in [6.07, 6.45) is 6.84. The van der Waals surface area contributed by atoms with E-state index in [2.05, 4.69) is 11.0 Å². The second kappa shape index (κ2) is 4.71. The number of ether oxygens (including phenoxy) is 1. The molecule has 2 aliphatic rings. The molecule has 1 saturated heterocycles. The molecule has 1 saturated carbocycles. The highest BCUT2D eigenvalue weighted by Crippen LogP contribution is 2.41. The maximum Gasteiger partial charge on any atom is 0.121 e. The van der Waals surface area contributed by atoms with Gasteiger partial charge in [-0.1, -0.05) is 12.8 Å². The number of nitrogen functional groups attached to an aromatic ring is 1. The van der Waals surface area contributed by atoms with Crippen molar-refractivity contribution in [1.82, 2.24) is 0 Å². The minimum atomic E-state index is 0.717. The van der Waals surface area contributed by atoms with Gasteiger partial charge in [-0.15, -0.1) is 0 Å². The Morgan fingerprint density at radius 3 is 2.83 bits per heavy atom. The molecule has 18 heavy (non-hydrogen) atoms. The van der Waals surface area contributed by atoms with E-state index >= 15 is 0 Å². The van der Waals surface area contributed by atoms with Gasteiger partial charge in [0.1, 0.15) is 5.75 Å². The predicted octanol–water partition coefficient (Wildman–Crippen LogP) is 3.05. The van der Waals surface area contributed by atoms with Crippen LogP contribution in [0, 0.1) is 5.92 Å². The summed E-state index contributed by atoms with van der Waals surface area (Å²) >= 11 is 0. The fourth-order valence-corrected chi connectivity index (χ4v) is 3.63. The summed E-state index contributed by atoms with van der Waals surface area (Å²) in [4.78, 5) is 2.53. The molecule has 2 atom stereocenters. The molecule has 98 valence electrons. The van der Waals surface area contributed by atoms with Crippen molar-refractivity contribution in [2.75, 3.05) is 24.3 Å². The van der Waals surface area contributed by atoms with Crippen LogP contribution in [0.2, 0.25) is 0 Å². The van der Waals surface area contributed by atoms with Crippen LogP contribution < -0.4 is 15.4 Å². The standard InChI is InChI=1S/C15H22N2O/c1-18-12-6-7-15(13(16)10-12)17-9-8-11-4-2-3-5-14(11)17/h6-7,10-11,14H,2-5,8-9,16H2,1H3. The number of nitrogens with two attached hydrogens (primary N) is 1. The Labute approximate surface area is 109 Å². The topological polar surface area (TPSA) is 38.5 Å². The number of fused-ring (bicyclic) bond motifs is 1. The minimum absolute atomic E-state index is 0.717. The summed E-state index contributed by atoms with van der Waals surface area (Å²) in [6, 6.07) is 6.79. The normalized spacial score (nSPS) is 27.1. The van der Waals surface area contributed by atoms with Crippen LogP contribution in [-0.4, -0.2) is 19.7 Å². The first-order chi connectivity index (χ1) is 8.79. The van der Waals surface area contributed by atoms with Crippen LogP contribution in [0.4, 0.5) is 11.4 Å². The van der Waals surface area contributed by atoms with Gasteiger partial charge < -0.3 is 15.4 Å². The molecular formula is C15H22N2O. The number of hydrogen-bond donors (Lipinski definition) is 1. The predicted molar refractivity (Wildman–Crippen MR) is 75.1 cm³/mol. The Bertz CT molecular complexity index is 433. The van der Waals surface area contributed by atoms with Crippen LogP contribution in [0.1, 0.15) is 32.1 Å². The third-order valence-corrected chi connectivity index (χ3v) is 4.55. The van der Waals surface area contributed by atoms with E-state index in [1.54, 1.807) is 7.11 Å². The van der Waals surface area contributed by atoms with E-state index in [1.165, 1.54) is 37.8 Å². The zero-order chi connectivity index (χ0) is 12.5. The smallest absolute Gasteiger partial charge is 0.121 e. The van der Waals surface area contributed by atoms with Crippen LogP contribution in [-0.2, 0) is 0 Å². The number of methoxy groups -OCH3 is 1. The monoisotopic (exact) mass is 246 g/mol. The maximum absolute atomic E-state index is 6.18. The van der Waals surface area contributed by atoms with Crippen molar-refractivity contribution >= 4 is 11.4 Å². The molecule has 2 N–H and O–H groups in total. The van der Waals surface area contributed by atoms with Gasteiger partial charge in [0.15, 0.2) is 0 Å². The fourth-order valence-electron chi connectivity index (χ4n) is 3.63. The highest BCUT2D eigenvalue weighted by Gasteiger charge is 2.36. The summed E-state index contributed by atoms with van der Waals surface area (Å²) in [6.45, 7) is 1.16. The molecule has 3 nitrogen and oxygen atoms in total. The number of hydrogen-bond acceptors (Lipinski definition) is 3. The molecule has 3 rings (SSSR count). The fraction of sp³-hybridized carbons (Fsp3) is 0.600. The molecule has 0 aromatic heterocycles. The van der Waals surface area contributed by atoms with E-state index < -0.39 is 0 Å². The molecule has 0 spiro atoms. The Hall–Kier alpha value is -1.38. The summed E-state index contributed by atoms with van der Waals surface area (Å²) < 4.78 is 5.22. The summed E-state index contributed by atoms with van der Waals surface area (Å²) in [7, 11) is 1.68. The number of anilines is 2. The van der Waals surface area contributed by atoms with Crippen LogP contribution in [0.25, 0.3) is 0 Å². The van der Waals surface area contributed by atoms with Gasteiger partial charge in [0.25, 0.3) is 0 Å². The first-order valence-electron chi connectivity index (χ1n) is 7.00. The summed E-state index contributed by atoms with van der Waals surface area (Å²) in [5, 5.41) is 0. The van der Waals surface area contributed by atoms with Crippen LogP contribution in [0.5, 0.6) is 5.75 Å². The number of benzene rings is 1. The van der Waals surface area contributed by atoms with E-state index in [4.69, 9.17) is 10.5 Å². The minimum Gasteiger partial charge on any atom is -0.497 e. The molecule has 1 aliphatic heterocycles. The Morgan fingerprint density at radius 1 is 1.22 bits per heavy atom. The number of nitrogens with zero attached hydrogens (tertiary/aromatic N) is 1. The van der Waals surface area contributed by atoms with Crippen molar-refractivity contribution < 1.29 is 4.74 Å². The average molecular weight is 246 g/mol. The third-order valence-electron chi connectivity index (χ3n) is 4.55. The first kappa shape index (κ1) is 11.7. The van der Waals surface area contributed by atoms with Gasteiger partial charge in [-0.2, -0.15) is 0 Å². The lowest BCUT2D eigenvalue weighted by molar-refractivity contribution is 0.342. The van der Waals surface area contributed by atoms with Crippen molar-refractivity contribution in [3.8, 4) is 5.75 Å². The lowest BCUT2D eigenvalue weighted by Crippen LogP contribution is -2.35. The lowest BCUT2D eigenvalue weighted by atomic mass is 9.85. The van der Waals surface area contributed by atoms with E-state index in [-0.39, 0.29) is 0 Å². The SMILES string of the molecule is COc1ccc(N2CCC3CCCCC32)c(N)c1. The van der Waals surface area contributed by atoms with Gasteiger partial charge >= 0.3 is 0 Å². The molecule has 2 unspecified atom stereocenters. The highest BCUT2D eigenvalue weighted by molar-refractivity contribution is 5.70. The van der Waals surface area contributed by atoms with E-state index in [0.717, 1.165) is 29.9 Å². The second-order valence-corrected chi connectivity index (χ2v) is 5.52. The second-order valence-electron chi connectivity index (χ2n) is 5.52.